The number of rotatable bonds is 5. The second kappa shape index (κ2) is 7.76. The zero-order chi connectivity index (χ0) is 18.7. The normalized spacial score (nSPS) is 16.7. The van der Waals surface area contributed by atoms with Gasteiger partial charge in [-0.05, 0) is 49.6 Å². The van der Waals surface area contributed by atoms with Crippen LogP contribution in [-0.2, 0) is 14.8 Å². The van der Waals surface area contributed by atoms with E-state index >= 15 is 0 Å². The Morgan fingerprint density at radius 3 is 2.27 bits per heavy atom. The number of benzene rings is 2. The van der Waals surface area contributed by atoms with Gasteiger partial charge in [0.25, 0.3) is 0 Å². The molecule has 5 nitrogen and oxygen atoms in total. The van der Waals surface area contributed by atoms with Crippen LogP contribution in [0.3, 0.4) is 0 Å². The largest absolute Gasteiger partial charge is 0.343 e. The van der Waals surface area contributed by atoms with Crippen LogP contribution in [0, 0.1) is 5.92 Å². The van der Waals surface area contributed by atoms with Crippen LogP contribution in [0.2, 0.25) is 0 Å². The maximum Gasteiger partial charge on any atom is 0.243 e. The lowest BCUT2D eigenvalue weighted by atomic mass is 9.96. The second-order valence-electron chi connectivity index (χ2n) is 6.70. The van der Waals surface area contributed by atoms with Gasteiger partial charge in [-0.3, -0.25) is 4.79 Å². The Labute approximate surface area is 155 Å². The summed E-state index contributed by atoms with van der Waals surface area (Å²) in [4.78, 5) is 14.6. The van der Waals surface area contributed by atoms with E-state index in [1.54, 1.807) is 12.1 Å². The third kappa shape index (κ3) is 3.62. The predicted molar refractivity (Wildman–Crippen MR) is 103 cm³/mol. The molecule has 0 bridgehead atoms. The first-order valence-corrected chi connectivity index (χ1v) is 10.7. The summed E-state index contributed by atoms with van der Waals surface area (Å²) in [6.07, 6.45) is 1.17. The van der Waals surface area contributed by atoms with Gasteiger partial charge in [-0.2, -0.15) is 4.31 Å². The number of amides is 1. The molecule has 1 fully saturated rings. The molecule has 2 aromatic carbocycles. The van der Waals surface area contributed by atoms with E-state index in [0.717, 1.165) is 10.8 Å². The molecule has 140 valence electrons. The molecular weight excluding hydrogens is 348 g/mol. The van der Waals surface area contributed by atoms with E-state index in [2.05, 4.69) is 0 Å². The first kappa shape index (κ1) is 18.9. The van der Waals surface area contributed by atoms with Crippen molar-refractivity contribution in [1.29, 1.82) is 0 Å². The van der Waals surface area contributed by atoms with Gasteiger partial charge in [0.05, 0.1) is 4.90 Å². The molecule has 2 aromatic rings. The maximum atomic E-state index is 13.0. The molecule has 1 aliphatic rings. The van der Waals surface area contributed by atoms with E-state index in [1.807, 2.05) is 49.1 Å². The molecule has 0 spiro atoms. The highest BCUT2D eigenvalue weighted by Gasteiger charge is 2.33. The molecule has 1 amide bonds. The average Bonchev–Trinajstić information content (AvgIpc) is 2.68. The monoisotopic (exact) mass is 374 g/mol. The number of piperidine rings is 1. The zero-order valence-electron chi connectivity index (χ0n) is 15.4. The van der Waals surface area contributed by atoms with Crippen LogP contribution in [-0.4, -0.2) is 49.7 Å². The summed E-state index contributed by atoms with van der Waals surface area (Å²) in [5.74, 6) is 0.0794. The number of sulfonamides is 1. The van der Waals surface area contributed by atoms with Crippen molar-refractivity contribution in [3.05, 3.63) is 42.5 Å². The van der Waals surface area contributed by atoms with E-state index in [0.29, 0.717) is 43.9 Å². The molecular formula is C20H26N2O3S. The van der Waals surface area contributed by atoms with Crippen LogP contribution in [0.25, 0.3) is 10.8 Å². The van der Waals surface area contributed by atoms with Crippen molar-refractivity contribution in [3.8, 4) is 0 Å². The lowest BCUT2D eigenvalue weighted by Crippen LogP contribution is -2.44. The zero-order valence-corrected chi connectivity index (χ0v) is 16.2. The number of nitrogens with zero attached hydrogens (tertiary/aromatic N) is 2. The molecule has 0 saturated carbocycles. The summed E-state index contributed by atoms with van der Waals surface area (Å²) >= 11 is 0. The summed E-state index contributed by atoms with van der Waals surface area (Å²) in [6.45, 7) is 6.14. The van der Waals surface area contributed by atoms with Crippen LogP contribution in [0.5, 0.6) is 0 Å². The van der Waals surface area contributed by atoms with Crippen molar-refractivity contribution in [3.63, 3.8) is 0 Å². The fourth-order valence-corrected chi connectivity index (χ4v) is 5.12. The van der Waals surface area contributed by atoms with Gasteiger partial charge in [0.15, 0.2) is 0 Å². The van der Waals surface area contributed by atoms with Crippen molar-refractivity contribution >= 4 is 26.7 Å². The number of carbonyl (C=O) groups excluding carboxylic acids is 1. The number of carbonyl (C=O) groups is 1. The van der Waals surface area contributed by atoms with Gasteiger partial charge in [0.1, 0.15) is 0 Å². The highest BCUT2D eigenvalue weighted by Crippen LogP contribution is 2.27. The summed E-state index contributed by atoms with van der Waals surface area (Å²) in [7, 11) is -3.53. The lowest BCUT2D eigenvalue weighted by Gasteiger charge is -2.33. The molecule has 26 heavy (non-hydrogen) atoms. The Kier molecular flexibility index (Phi) is 5.63. The topological polar surface area (TPSA) is 57.7 Å². The molecule has 3 rings (SSSR count). The molecule has 0 aromatic heterocycles. The van der Waals surface area contributed by atoms with Crippen LogP contribution >= 0.6 is 0 Å². The smallest absolute Gasteiger partial charge is 0.243 e. The van der Waals surface area contributed by atoms with Crippen LogP contribution in [0.15, 0.2) is 47.4 Å². The Morgan fingerprint density at radius 1 is 1.04 bits per heavy atom. The quantitative estimate of drug-likeness (QED) is 0.808. The molecule has 6 heteroatoms. The number of fused-ring (bicyclic) bond motifs is 1. The third-order valence-electron chi connectivity index (χ3n) is 5.24. The Balaban J connectivity index is 1.74. The Bertz CT molecular complexity index is 883. The highest BCUT2D eigenvalue weighted by molar-refractivity contribution is 7.89. The van der Waals surface area contributed by atoms with Gasteiger partial charge in [-0.1, -0.05) is 30.3 Å². The van der Waals surface area contributed by atoms with Crippen LogP contribution < -0.4 is 0 Å². The van der Waals surface area contributed by atoms with Crippen molar-refractivity contribution < 1.29 is 13.2 Å². The average molecular weight is 375 g/mol. The predicted octanol–water partition coefficient (Wildman–Crippen LogP) is 3.11. The van der Waals surface area contributed by atoms with Crippen LogP contribution in [0.4, 0.5) is 0 Å². The van der Waals surface area contributed by atoms with Crippen molar-refractivity contribution in [2.45, 2.75) is 31.6 Å². The second-order valence-corrected chi connectivity index (χ2v) is 8.64. The van der Waals surface area contributed by atoms with Gasteiger partial charge >= 0.3 is 0 Å². The van der Waals surface area contributed by atoms with Gasteiger partial charge in [-0.25, -0.2) is 8.42 Å². The van der Waals surface area contributed by atoms with Crippen molar-refractivity contribution in [1.82, 2.24) is 9.21 Å². The van der Waals surface area contributed by atoms with E-state index < -0.39 is 10.0 Å². The Hall–Kier alpha value is -1.92. The molecule has 0 aliphatic carbocycles. The minimum absolute atomic E-state index is 0.0713. The van der Waals surface area contributed by atoms with Crippen LogP contribution in [0.1, 0.15) is 26.7 Å². The molecule has 0 unspecified atom stereocenters. The molecule has 1 saturated heterocycles. The fraction of sp³-hybridized carbons (Fsp3) is 0.450. The first-order valence-electron chi connectivity index (χ1n) is 9.25. The SMILES string of the molecule is CCN(CC)C(=O)C1CCN(S(=O)(=O)c2ccc3ccccc3c2)CC1. The van der Waals surface area contributed by atoms with Crippen molar-refractivity contribution in [2.24, 2.45) is 5.92 Å². The number of hydrogen-bond donors (Lipinski definition) is 0. The van der Waals surface area contributed by atoms with E-state index in [4.69, 9.17) is 0 Å². The lowest BCUT2D eigenvalue weighted by molar-refractivity contribution is -0.136. The molecule has 1 heterocycles. The van der Waals surface area contributed by atoms with Gasteiger partial charge in [0, 0.05) is 32.1 Å². The minimum atomic E-state index is -3.53. The highest BCUT2D eigenvalue weighted by atomic mass is 32.2. The number of hydrogen-bond acceptors (Lipinski definition) is 3. The third-order valence-corrected chi connectivity index (χ3v) is 7.13. The summed E-state index contributed by atoms with van der Waals surface area (Å²) in [5.41, 5.74) is 0. The minimum Gasteiger partial charge on any atom is -0.343 e. The van der Waals surface area contributed by atoms with Crippen molar-refractivity contribution in [2.75, 3.05) is 26.2 Å². The Morgan fingerprint density at radius 2 is 1.65 bits per heavy atom. The maximum absolute atomic E-state index is 13.0. The first-order chi connectivity index (χ1) is 12.5. The van der Waals surface area contributed by atoms with E-state index in [1.165, 1.54) is 4.31 Å². The molecule has 0 radical (unpaired) electrons. The van der Waals surface area contributed by atoms with E-state index in [9.17, 15) is 13.2 Å². The standard InChI is InChI=1S/C20H26N2O3S/c1-3-21(4-2)20(23)17-11-13-22(14-12-17)26(24,25)19-10-9-16-7-5-6-8-18(16)15-19/h5-10,15,17H,3-4,11-14H2,1-2H3. The summed E-state index contributed by atoms with van der Waals surface area (Å²) in [6, 6.07) is 13.0. The molecule has 0 N–H and O–H groups in total. The van der Waals surface area contributed by atoms with Gasteiger partial charge in [-0.15, -0.1) is 0 Å². The summed E-state index contributed by atoms with van der Waals surface area (Å²) < 4.78 is 27.5. The fourth-order valence-electron chi connectivity index (χ4n) is 3.61. The summed E-state index contributed by atoms with van der Waals surface area (Å²) in [5, 5.41) is 1.94. The molecule has 1 aliphatic heterocycles. The van der Waals surface area contributed by atoms with Gasteiger partial charge in [0.2, 0.25) is 15.9 Å². The molecule has 0 atom stereocenters. The van der Waals surface area contributed by atoms with E-state index in [-0.39, 0.29) is 11.8 Å². The van der Waals surface area contributed by atoms with Gasteiger partial charge < -0.3 is 4.90 Å².